The van der Waals surface area contributed by atoms with Gasteiger partial charge in [0.1, 0.15) is 0 Å². The molecule has 0 saturated heterocycles. The van der Waals surface area contributed by atoms with Gasteiger partial charge in [-0.1, -0.05) is 6.92 Å². The van der Waals surface area contributed by atoms with Gasteiger partial charge in [-0.05, 0) is 43.9 Å². The minimum absolute atomic E-state index is 0.316. The van der Waals surface area contributed by atoms with E-state index in [0.717, 1.165) is 18.3 Å². The van der Waals surface area contributed by atoms with Crippen LogP contribution < -0.4 is 5.32 Å². The van der Waals surface area contributed by atoms with Crippen LogP contribution in [-0.2, 0) is 9.84 Å². The highest BCUT2D eigenvalue weighted by Gasteiger charge is 2.40. The Hall–Kier alpha value is -0.0900. The highest BCUT2D eigenvalue weighted by Crippen LogP contribution is 2.44. The molecule has 2 aliphatic carbocycles. The van der Waals surface area contributed by atoms with E-state index < -0.39 is 9.84 Å². The van der Waals surface area contributed by atoms with Crippen LogP contribution in [0, 0.1) is 11.8 Å². The van der Waals surface area contributed by atoms with Gasteiger partial charge in [0.05, 0.1) is 5.75 Å². The average Bonchev–Trinajstić information content (AvgIpc) is 3.04. The van der Waals surface area contributed by atoms with Crippen LogP contribution in [0.5, 0.6) is 0 Å². The second-order valence-corrected chi connectivity index (χ2v) is 7.61. The van der Waals surface area contributed by atoms with Gasteiger partial charge < -0.3 is 5.32 Å². The van der Waals surface area contributed by atoms with Crippen molar-refractivity contribution in [3.8, 4) is 0 Å². The Morgan fingerprint density at radius 1 is 1.12 bits per heavy atom. The first kappa shape index (κ1) is 12.4. The Kier molecular flexibility index (Phi) is 3.90. The first-order chi connectivity index (χ1) is 7.62. The predicted octanol–water partition coefficient (Wildman–Crippen LogP) is 1.59. The zero-order valence-electron chi connectivity index (χ0n) is 10.1. The molecule has 2 saturated carbocycles. The quantitative estimate of drug-likeness (QED) is 0.706. The number of sulfone groups is 1. The maximum Gasteiger partial charge on any atom is 0.151 e. The second kappa shape index (κ2) is 5.05. The molecule has 2 rings (SSSR count). The lowest BCUT2D eigenvalue weighted by atomic mass is 10.1. The van der Waals surface area contributed by atoms with Crippen LogP contribution >= 0.6 is 0 Å². The highest BCUT2D eigenvalue weighted by molar-refractivity contribution is 7.91. The molecule has 0 amide bonds. The standard InChI is InChI=1S/C12H23NO2S/c1-2-8-16(14,15)9-7-13-12(10-3-4-10)11-5-6-11/h10-13H,2-9H2,1H3. The Morgan fingerprint density at radius 2 is 1.69 bits per heavy atom. The van der Waals surface area contributed by atoms with Crippen LogP contribution in [0.15, 0.2) is 0 Å². The third kappa shape index (κ3) is 3.74. The number of nitrogens with one attached hydrogen (secondary N) is 1. The summed E-state index contributed by atoms with van der Waals surface area (Å²) < 4.78 is 23.1. The molecule has 94 valence electrons. The zero-order valence-corrected chi connectivity index (χ0v) is 10.9. The summed E-state index contributed by atoms with van der Waals surface area (Å²) in [5, 5.41) is 3.48. The van der Waals surface area contributed by atoms with Gasteiger partial charge in [-0.2, -0.15) is 0 Å². The average molecular weight is 245 g/mol. The molecule has 16 heavy (non-hydrogen) atoms. The third-order valence-corrected chi connectivity index (χ3v) is 5.42. The monoisotopic (exact) mass is 245 g/mol. The Labute approximate surface area is 98.9 Å². The lowest BCUT2D eigenvalue weighted by molar-refractivity contribution is 0.427. The van der Waals surface area contributed by atoms with Gasteiger partial charge in [0.2, 0.25) is 0 Å². The maximum absolute atomic E-state index is 11.5. The molecule has 2 fully saturated rings. The molecule has 1 N–H and O–H groups in total. The van der Waals surface area contributed by atoms with Crippen molar-refractivity contribution in [2.75, 3.05) is 18.1 Å². The molecule has 0 unspecified atom stereocenters. The third-order valence-electron chi connectivity index (χ3n) is 3.57. The van der Waals surface area contributed by atoms with E-state index in [2.05, 4.69) is 5.32 Å². The molecular weight excluding hydrogens is 222 g/mol. The normalized spacial score (nSPS) is 21.6. The van der Waals surface area contributed by atoms with Crippen LogP contribution in [0.4, 0.5) is 0 Å². The molecule has 0 bridgehead atoms. The molecule has 0 spiro atoms. The van der Waals surface area contributed by atoms with Gasteiger partial charge in [-0.25, -0.2) is 8.42 Å². The molecule has 0 aromatic heterocycles. The van der Waals surface area contributed by atoms with Crippen molar-refractivity contribution in [3.63, 3.8) is 0 Å². The van der Waals surface area contributed by atoms with Crippen LogP contribution in [-0.4, -0.2) is 32.5 Å². The summed E-state index contributed by atoms with van der Waals surface area (Å²) in [6, 6.07) is 0.622. The molecule has 0 radical (unpaired) electrons. The Balaban J connectivity index is 1.69. The number of hydrogen-bond acceptors (Lipinski definition) is 3. The van der Waals surface area contributed by atoms with Crippen molar-refractivity contribution in [2.24, 2.45) is 11.8 Å². The highest BCUT2D eigenvalue weighted by atomic mass is 32.2. The topological polar surface area (TPSA) is 46.2 Å². The SMILES string of the molecule is CCCS(=O)(=O)CCNC(C1CC1)C1CC1. The van der Waals surface area contributed by atoms with Crippen LogP contribution in [0.1, 0.15) is 39.0 Å². The molecule has 4 heteroatoms. The van der Waals surface area contributed by atoms with E-state index >= 15 is 0 Å². The zero-order chi connectivity index (χ0) is 11.6. The van der Waals surface area contributed by atoms with E-state index in [1.165, 1.54) is 25.7 Å². The summed E-state index contributed by atoms with van der Waals surface area (Å²) >= 11 is 0. The lowest BCUT2D eigenvalue weighted by Crippen LogP contribution is -2.36. The summed E-state index contributed by atoms with van der Waals surface area (Å²) in [6.45, 7) is 2.57. The van der Waals surface area contributed by atoms with Crippen molar-refractivity contribution < 1.29 is 8.42 Å². The van der Waals surface area contributed by atoms with E-state index in [1.807, 2.05) is 6.92 Å². The first-order valence-electron chi connectivity index (χ1n) is 6.56. The maximum atomic E-state index is 11.5. The van der Waals surface area contributed by atoms with Gasteiger partial charge in [-0.3, -0.25) is 0 Å². The number of rotatable bonds is 8. The fraction of sp³-hybridized carbons (Fsp3) is 1.00. The van der Waals surface area contributed by atoms with Gasteiger partial charge in [-0.15, -0.1) is 0 Å². The minimum Gasteiger partial charge on any atom is -0.312 e. The van der Waals surface area contributed by atoms with Gasteiger partial charge in [0.25, 0.3) is 0 Å². The predicted molar refractivity (Wildman–Crippen MR) is 66.2 cm³/mol. The van der Waals surface area contributed by atoms with Gasteiger partial charge in [0.15, 0.2) is 9.84 Å². The summed E-state index contributed by atoms with van der Waals surface area (Å²) in [4.78, 5) is 0. The summed E-state index contributed by atoms with van der Waals surface area (Å²) in [5.41, 5.74) is 0. The number of hydrogen-bond donors (Lipinski definition) is 1. The second-order valence-electron chi connectivity index (χ2n) is 5.31. The smallest absolute Gasteiger partial charge is 0.151 e. The van der Waals surface area contributed by atoms with Crippen molar-refractivity contribution in [3.05, 3.63) is 0 Å². The lowest BCUT2D eigenvalue weighted by Gasteiger charge is -2.17. The van der Waals surface area contributed by atoms with Gasteiger partial charge in [0, 0.05) is 18.3 Å². The van der Waals surface area contributed by atoms with E-state index in [9.17, 15) is 8.42 Å². The van der Waals surface area contributed by atoms with Crippen LogP contribution in [0.25, 0.3) is 0 Å². The van der Waals surface area contributed by atoms with Crippen molar-refractivity contribution >= 4 is 9.84 Å². The molecule has 0 aliphatic heterocycles. The summed E-state index contributed by atoms with van der Waals surface area (Å²) in [7, 11) is -2.80. The van der Waals surface area contributed by atoms with E-state index in [1.54, 1.807) is 0 Å². The molecule has 0 atom stereocenters. The molecule has 0 heterocycles. The van der Waals surface area contributed by atoms with E-state index in [4.69, 9.17) is 0 Å². The minimum atomic E-state index is -2.80. The van der Waals surface area contributed by atoms with Gasteiger partial charge >= 0.3 is 0 Å². The fourth-order valence-electron chi connectivity index (χ4n) is 2.42. The molecule has 2 aliphatic rings. The molecule has 0 aromatic carbocycles. The molecular formula is C12H23NO2S. The molecule has 3 nitrogen and oxygen atoms in total. The first-order valence-corrected chi connectivity index (χ1v) is 8.38. The fourth-order valence-corrected chi connectivity index (χ4v) is 3.68. The molecule has 0 aromatic rings. The van der Waals surface area contributed by atoms with Crippen LogP contribution in [0.3, 0.4) is 0 Å². The van der Waals surface area contributed by atoms with Crippen LogP contribution in [0.2, 0.25) is 0 Å². The van der Waals surface area contributed by atoms with E-state index in [-0.39, 0.29) is 0 Å². The summed E-state index contributed by atoms with van der Waals surface area (Å²) in [5.74, 6) is 2.35. The Bertz CT molecular complexity index is 306. The van der Waals surface area contributed by atoms with Crippen molar-refractivity contribution in [1.29, 1.82) is 0 Å². The van der Waals surface area contributed by atoms with E-state index in [0.29, 0.717) is 24.1 Å². The van der Waals surface area contributed by atoms with Crippen molar-refractivity contribution in [1.82, 2.24) is 5.32 Å². The largest absolute Gasteiger partial charge is 0.312 e. The van der Waals surface area contributed by atoms with Crippen molar-refractivity contribution in [2.45, 2.75) is 45.1 Å². The Morgan fingerprint density at radius 3 is 2.12 bits per heavy atom. The summed E-state index contributed by atoms with van der Waals surface area (Å²) in [6.07, 6.45) is 6.11.